The van der Waals surface area contributed by atoms with Gasteiger partial charge in [0.25, 0.3) is 0 Å². The van der Waals surface area contributed by atoms with Crippen molar-refractivity contribution in [2.24, 2.45) is 5.41 Å². The van der Waals surface area contributed by atoms with Gasteiger partial charge >= 0.3 is 12.0 Å². The molecule has 3 N–H and O–H groups in total. The van der Waals surface area contributed by atoms with Gasteiger partial charge in [0.2, 0.25) is 0 Å². The van der Waals surface area contributed by atoms with E-state index in [2.05, 4.69) is 26.6 Å². The summed E-state index contributed by atoms with van der Waals surface area (Å²) in [4.78, 5) is 24.1. The van der Waals surface area contributed by atoms with Gasteiger partial charge in [0.1, 0.15) is 0 Å². The van der Waals surface area contributed by atoms with Crippen molar-refractivity contribution in [3.05, 3.63) is 20.8 Å². The molecule has 0 radical (unpaired) electrons. The number of hydrogen-bond acceptors (Lipinski definition) is 3. The molecule has 0 unspecified atom stereocenters. The van der Waals surface area contributed by atoms with E-state index in [0.717, 1.165) is 21.5 Å². The molecular weight excluding hydrogens is 344 g/mol. The molecule has 7 heteroatoms. The lowest BCUT2D eigenvalue weighted by Gasteiger charge is -2.23. The van der Waals surface area contributed by atoms with E-state index in [1.54, 1.807) is 11.3 Å². The van der Waals surface area contributed by atoms with Crippen LogP contribution in [0.2, 0.25) is 0 Å². The van der Waals surface area contributed by atoms with Gasteiger partial charge in [-0.15, -0.1) is 11.3 Å². The van der Waals surface area contributed by atoms with Crippen LogP contribution >= 0.6 is 27.3 Å². The lowest BCUT2D eigenvalue weighted by atomic mass is 9.86. The van der Waals surface area contributed by atoms with Gasteiger partial charge in [-0.2, -0.15) is 0 Å². The highest BCUT2D eigenvalue weighted by Crippen LogP contribution is 2.37. The second kappa shape index (κ2) is 6.58. The third kappa shape index (κ3) is 3.73. The van der Waals surface area contributed by atoms with E-state index in [9.17, 15) is 14.7 Å². The average molecular weight is 361 g/mol. The molecule has 0 bridgehead atoms. The highest BCUT2D eigenvalue weighted by Gasteiger charge is 2.41. The Morgan fingerprint density at radius 3 is 2.55 bits per heavy atom. The van der Waals surface area contributed by atoms with E-state index in [1.165, 1.54) is 0 Å². The van der Waals surface area contributed by atoms with E-state index in [1.807, 2.05) is 12.1 Å². The van der Waals surface area contributed by atoms with Gasteiger partial charge in [-0.1, -0.05) is 12.8 Å². The number of carbonyl (C=O) groups excluding carboxylic acids is 1. The number of urea groups is 1. The number of carboxylic acid groups (broad SMARTS) is 1. The van der Waals surface area contributed by atoms with Crippen LogP contribution in [0.25, 0.3) is 0 Å². The summed E-state index contributed by atoms with van der Waals surface area (Å²) in [5, 5.41) is 14.7. The molecule has 5 nitrogen and oxygen atoms in total. The van der Waals surface area contributed by atoms with Crippen LogP contribution in [0.5, 0.6) is 0 Å². The highest BCUT2D eigenvalue weighted by atomic mass is 79.9. The number of thiophene rings is 1. The molecule has 1 fully saturated rings. The quantitative estimate of drug-likeness (QED) is 0.755. The lowest BCUT2D eigenvalue weighted by molar-refractivity contribution is -0.148. The SMILES string of the molecule is O=C(NCc1ccc(Br)s1)NCC1(C(=O)O)CCCC1. The van der Waals surface area contributed by atoms with Gasteiger partial charge in [0.05, 0.1) is 15.7 Å². The molecule has 1 aromatic heterocycles. The Morgan fingerprint density at radius 1 is 1.30 bits per heavy atom. The number of halogens is 1. The molecule has 0 spiro atoms. The van der Waals surface area contributed by atoms with Gasteiger partial charge < -0.3 is 15.7 Å². The largest absolute Gasteiger partial charge is 0.481 e. The smallest absolute Gasteiger partial charge is 0.315 e. The summed E-state index contributed by atoms with van der Waals surface area (Å²) in [5.74, 6) is -0.808. The van der Waals surface area contributed by atoms with Crippen molar-refractivity contribution < 1.29 is 14.7 Å². The van der Waals surface area contributed by atoms with E-state index in [0.29, 0.717) is 19.4 Å². The number of hydrogen-bond donors (Lipinski definition) is 3. The summed E-state index contributed by atoms with van der Waals surface area (Å²) in [6.07, 6.45) is 3.11. The number of amides is 2. The van der Waals surface area contributed by atoms with Crippen molar-refractivity contribution in [2.45, 2.75) is 32.2 Å². The van der Waals surface area contributed by atoms with E-state index < -0.39 is 11.4 Å². The van der Waals surface area contributed by atoms with Gasteiger partial charge in [-0.3, -0.25) is 4.79 Å². The maximum absolute atomic E-state index is 11.7. The Labute approximate surface area is 129 Å². The van der Waals surface area contributed by atoms with Gasteiger partial charge in [0, 0.05) is 11.4 Å². The number of carbonyl (C=O) groups is 2. The van der Waals surface area contributed by atoms with Gasteiger partial charge in [0.15, 0.2) is 0 Å². The first kappa shape index (κ1) is 15.3. The number of rotatable bonds is 5. The first-order chi connectivity index (χ1) is 9.52. The first-order valence-electron chi connectivity index (χ1n) is 6.51. The Hall–Kier alpha value is -1.08. The molecular formula is C13H17BrN2O3S. The predicted octanol–water partition coefficient (Wildman–Crippen LogP) is 2.95. The van der Waals surface area contributed by atoms with Crippen LogP contribution in [0.4, 0.5) is 4.79 Å². The molecule has 1 saturated carbocycles. The zero-order valence-corrected chi connectivity index (χ0v) is 13.3. The summed E-state index contributed by atoms with van der Waals surface area (Å²) in [7, 11) is 0. The molecule has 110 valence electrons. The van der Waals surface area contributed by atoms with E-state index in [4.69, 9.17) is 0 Å². The Bertz CT molecular complexity index is 498. The molecule has 1 aliphatic rings. The molecule has 20 heavy (non-hydrogen) atoms. The third-order valence-corrected chi connectivity index (χ3v) is 5.28. The summed E-state index contributed by atoms with van der Waals surface area (Å²) >= 11 is 4.92. The maximum Gasteiger partial charge on any atom is 0.315 e. The Kier molecular flexibility index (Phi) is 5.04. The minimum Gasteiger partial charge on any atom is -0.481 e. The number of carboxylic acids is 1. The van der Waals surface area contributed by atoms with Crippen molar-refractivity contribution >= 4 is 39.3 Å². The normalized spacial score (nSPS) is 16.9. The van der Waals surface area contributed by atoms with Gasteiger partial charge in [-0.25, -0.2) is 4.79 Å². The van der Waals surface area contributed by atoms with E-state index >= 15 is 0 Å². The maximum atomic E-state index is 11.7. The summed E-state index contributed by atoms with van der Waals surface area (Å²) < 4.78 is 1.02. The van der Waals surface area contributed by atoms with Crippen LogP contribution < -0.4 is 10.6 Å². The summed E-state index contributed by atoms with van der Waals surface area (Å²) in [6, 6.07) is 3.55. The minimum absolute atomic E-state index is 0.197. The molecule has 0 saturated heterocycles. The molecule has 1 aromatic rings. The van der Waals surface area contributed by atoms with Crippen LogP contribution in [-0.2, 0) is 11.3 Å². The van der Waals surface area contributed by atoms with Gasteiger partial charge in [-0.05, 0) is 40.9 Å². The molecule has 0 aromatic carbocycles. The van der Waals surface area contributed by atoms with Crippen molar-refractivity contribution in [3.8, 4) is 0 Å². The second-order valence-corrected chi connectivity index (χ2v) is 7.58. The van der Waals surface area contributed by atoms with E-state index in [-0.39, 0.29) is 12.6 Å². The molecule has 1 heterocycles. The standard InChI is InChI=1S/C13H17BrN2O3S/c14-10-4-3-9(20-10)7-15-12(19)16-8-13(11(17)18)5-1-2-6-13/h3-4H,1-2,5-8H2,(H,17,18)(H2,15,16,19). The summed E-state index contributed by atoms with van der Waals surface area (Å²) in [5.41, 5.74) is -0.775. The zero-order valence-electron chi connectivity index (χ0n) is 10.9. The fourth-order valence-electron chi connectivity index (χ4n) is 2.44. The fourth-order valence-corrected chi connectivity index (χ4v) is 3.87. The lowest BCUT2D eigenvalue weighted by Crippen LogP contribution is -2.44. The molecule has 2 amide bonds. The second-order valence-electron chi connectivity index (χ2n) is 5.03. The average Bonchev–Trinajstić information content (AvgIpc) is 3.03. The predicted molar refractivity (Wildman–Crippen MR) is 80.8 cm³/mol. The molecule has 0 aliphatic heterocycles. The first-order valence-corrected chi connectivity index (χ1v) is 8.12. The van der Waals surface area contributed by atoms with Crippen molar-refractivity contribution in [1.82, 2.24) is 10.6 Å². The third-order valence-electron chi connectivity index (χ3n) is 3.65. The van der Waals surface area contributed by atoms with Crippen LogP contribution in [0.15, 0.2) is 15.9 Å². The van der Waals surface area contributed by atoms with Crippen LogP contribution in [0.1, 0.15) is 30.6 Å². The number of aliphatic carboxylic acids is 1. The fraction of sp³-hybridized carbons (Fsp3) is 0.538. The highest BCUT2D eigenvalue weighted by molar-refractivity contribution is 9.11. The topological polar surface area (TPSA) is 78.4 Å². The minimum atomic E-state index is -0.808. The van der Waals surface area contributed by atoms with Crippen LogP contribution in [-0.4, -0.2) is 23.7 Å². The summed E-state index contributed by atoms with van der Waals surface area (Å²) in [6.45, 7) is 0.643. The Balaban J connectivity index is 1.78. The van der Waals surface area contributed by atoms with Crippen molar-refractivity contribution in [3.63, 3.8) is 0 Å². The van der Waals surface area contributed by atoms with Crippen LogP contribution in [0, 0.1) is 5.41 Å². The monoisotopic (exact) mass is 360 g/mol. The Morgan fingerprint density at radius 2 is 2.00 bits per heavy atom. The van der Waals surface area contributed by atoms with Crippen molar-refractivity contribution in [2.75, 3.05) is 6.54 Å². The van der Waals surface area contributed by atoms with Crippen molar-refractivity contribution in [1.29, 1.82) is 0 Å². The molecule has 2 rings (SSSR count). The zero-order chi connectivity index (χ0) is 14.6. The molecule has 0 atom stereocenters. The number of nitrogens with one attached hydrogen (secondary N) is 2. The van der Waals surface area contributed by atoms with Crippen LogP contribution in [0.3, 0.4) is 0 Å². The molecule has 1 aliphatic carbocycles.